The van der Waals surface area contributed by atoms with Crippen LogP contribution in [-0.4, -0.2) is 4.57 Å². The molecular weight excluding hydrogens is 821 g/mol. The summed E-state index contributed by atoms with van der Waals surface area (Å²) < 4.78 is 2.44. The number of aromatic nitrogens is 1. The van der Waals surface area contributed by atoms with E-state index >= 15 is 0 Å². The minimum absolute atomic E-state index is 0.0555. The van der Waals surface area contributed by atoms with Crippen molar-refractivity contribution < 1.29 is 0 Å². The first-order chi connectivity index (χ1) is 33.2. The monoisotopic (exact) mass is 870 g/mol. The maximum Gasteiger partial charge on any atom is 0.0541 e. The number of anilines is 3. The van der Waals surface area contributed by atoms with Gasteiger partial charge in [-0.15, -0.1) is 0 Å². The molecule has 10 aromatic carbocycles. The molecule has 2 nitrogen and oxygen atoms in total. The molecule has 0 N–H and O–H groups in total. The summed E-state index contributed by atoms with van der Waals surface area (Å²) in [7, 11) is 0. The van der Waals surface area contributed by atoms with Gasteiger partial charge in [-0.3, -0.25) is 0 Å². The molecule has 1 heterocycles. The van der Waals surface area contributed by atoms with Crippen molar-refractivity contribution in [3.8, 4) is 61.3 Å². The fourth-order valence-corrected chi connectivity index (χ4v) is 11.7. The Morgan fingerprint density at radius 1 is 0.294 bits per heavy atom. The Hall–Kier alpha value is -8.20. The topological polar surface area (TPSA) is 8.17 Å². The van der Waals surface area contributed by atoms with E-state index in [2.05, 4.69) is 268 Å². The molecule has 0 saturated carbocycles. The van der Waals surface area contributed by atoms with Crippen LogP contribution in [0.3, 0.4) is 0 Å². The van der Waals surface area contributed by atoms with E-state index in [1.54, 1.807) is 0 Å². The highest BCUT2D eigenvalue weighted by Gasteiger charge is 2.37. The van der Waals surface area contributed by atoms with E-state index in [-0.39, 0.29) is 10.8 Å². The van der Waals surface area contributed by atoms with Gasteiger partial charge < -0.3 is 9.47 Å². The summed E-state index contributed by atoms with van der Waals surface area (Å²) >= 11 is 0. The van der Waals surface area contributed by atoms with Gasteiger partial charge >= 0.3 is 0 Å². The van der Waals surface area contributed by atoms with E-state index in [1.807, 2.05) is 0 Å². The molecule has 0 atom stereocenters. The number of nitrogens with zero attached hydrogens (tertiary/aromatic N) is 2. The molecule has 0 unspecified atom stereocenters. The molecule has 13 rings (SSSR count). The lowest BCUT2D eigenvalue weighted by Gasteiger charge is -2.28. The van der Waals surface area contributed by atoms with E-state index in [0.29, 0.717) is 0 Å². The quantitative estimate of drug-likeness (QED) is 0.155. The first kappa shape index (κ1) is 40.1. The zero-order chi connectivity index (χ0) is 45.7. The summed E-state index contributed by atoms with van der Waals surface area (Å²) in [5, 5.41) is 2.55. The van der Waals surface area contributed by atoms with Crippen LogP contribution in [0.4, 0.5) is 17.1 Å². The second-order valence-electron chi connectivity index (χ2n) is 19.7. The van der Waals surface area contributed by atoms with Crippen LogP contribution < -0.4 is 4.90 Å². The summed E-state index contributed by atoms with van der Waals surface area (Å²) in [5.74, 6) is 0. The van der Waals surface area contributed by atoms with Gasteiger partial charge in [0.05, 0.1) is 11.0 Å². The maximum atomic E-state index is 2.45. The Balaban J connectivity index is 0.905. The Morgan fingerprint density at radius 3 is 1.37 bits per heavy atom. The van der Waals surface area contributed by atoms with Gasteiger partial charge in [0.15, 0.2) is 0 Å². The zero-order valence-electron chi connectivity index (χ0n) is 38.8. The van der Waals surface area contributed by atoms with E-state index in [4.69, 9.17) is 0 Å². The number of benzene rings is 10. The highest BCUT2D eigenvalue weighted by Crippen LogP contribution is 2.53. The van der Waals surface area contributed by atoms with E-state index in [1.165, 1.54) is 105 Å². The molecule has 11 aromatic rings. The first-order valence-electron chi connectivity index (χ1n) is 23.9. The standard InChI is InChI=1S/C66H50N2/c1-65(2)59-23-13-10-20-53(59)54-37-30-46(40-60(54)65)43-26-31-47(32-27-43)67(48-33-28-45(29-34-48)52-19-9-8-18-51(52)44-16-6-5-7-17-44)49-35-38-55-56-39-36-50(42-62(56)66(3,4)61(55)41-49)68-63-24-14-11-21-57(63)58-22-12-15-25-64(58)68/h5-42H,1-4H3. The number of fused-ring (bicyclic) bond motifs is 9. The van der Waals surface area contributed by atoms with Crippen molar-refractivity contribution in [2.45, 2.75) is 38.5 Å². The van der Waals surface area contributed by atoms with Crippen LogP contribution >= 0.6 is 0 Å². The van der Waals surface area contributed by atoms with Crippen LogP contribution in [0.5, 0.6) is 0 Å². The van der Waals surface area contributed by atoms with Crippen LogP contribution in [0.15, 0.2) is 231 Å². The summed E-state index contributed by atoms with van der Waals surface area (Å²) in [4.78, 5) is 2.43. The normalized spacial score (nSPS) is 13.8. The lowest BCUT2D eigenvalue weighted by atomic mass is 9.81. The molecule has 0 fully saturated rings. The van der Waals surface area contributed by atoms with E-state index < -0.39 is 0 Å². The Morgan fingerprint density at radius 2 is 0.721 bits per heavy atom. The van der Waals surface area contributed by atoms with Crippen molar-refractivity contribution in [1.29, 1.82) is 0 Å². The molecule has 0 spiro atoms. The molecular formula is C66H50N2. The van der Waals surface area contributed by atoms with Crippen LogP contribution in [0, 0.1) is 0 Å². The molecule has 68 heavy (non-hydrogen) atoms. The number of hydrogen-bond acceptors (Lipinski definition) is 1. The molecule has 0 saturated heterocycles. The van der Waals surface area contributed by atoms with Gasteiger partial charge in [0, 0.05) is 44.4 Å². The number of para-hydroxylation sites is 2. The van der Waals surface area contributed by atoms with Crippen LogP contribution in [0.2, 0.25) is 0 Å². The highest BCUT2D eigenvalue weighted by atomic mass is 15.1. The van der Waals surface area contributed by atoms with Gasteiger partial charge in [-0.2, -0.15) is 0 Å². The number of hydrogen-bond donors (Lipinski definition) is 0. The maximum absolute atomic E-state index is 2.45. The summed E-state index contributed by atoms with van der Waals surface area (Å²) in [5.41, 5.74) is 24.8. The Bertz CT molecular complexity index is 3720. The predicted octanol–water partition coefficient (Wildman–Crippen LogP) is 17.9. The minimum Gasteiger partial charge on any atom is -0.310 e. The third kappa shape index (κ3) is 6.10. The average molecular weight is 871 g/mol. The molecule has 2 aliphatic rings. The zero-order valence-corrected chi connectivity index (χ0v) is 38.8. The largest absolute Gasteiger partial charge is 0.310 e. The molecule has 324 valence electrons. The fraction of sp³-hybridized carbons (Fsp3) is 0.0909. The third-order valence-corrected chi connectivity index (χ3v) is 15.2. The molecule has 0 bridgehead atoms. The van der Waals surface area contributed by atoms with Crippen LogP contribution in [0.1, 0.15) is 49.9 Å². The minimum atomic E-state index is -0.239. The molecule has 0 aliphatic heterocycles. The highest BCUT2D eigenvalue weighted by molar-refractivity contribution is 6.09. The number of rotatable bonds is 7. The first-order valence-corrected chi connectivity index (χ1v) is 23.9. The van der Waals surface area contributed by atoms with E-state index in [9.17, 15) is 0 Å². The average Bonchev–Trinajstić information content (AvgIpc) is 3.93. The summed E-state index contributed by atoms with van der Waals surface area (Å²) in [6.07, 6.45) is 0. The van der Waals surface area contributed by atoms with Crippen LogP contribution in [-0.2, 0) is 10.8 Å². The Kier molecular flexibility index (Phi) is 8.95. The second-order valence-corrected chi connectivity index (χ2v) is 19.7. The third-order valence-electron chi connectivity index (χ3n) is 15.2. The fourth-order valence-electron chi connectivity index (χ4n) is 11.7. The molecule has 1 aromatic heterocycles. The van der Waals surface area contributed by atoms with Crippen LogP contribution in [0.25, 0.3) is 83.1 Å². The molecule has 0 radical (unpaired) electrons. The summed E-state index contributed by atoms with van der Waals surface area (Å²) in [6, 6.07) is 85.5. The van der Waals surface area contributed by atoms with Crippen molar-refractivity contribution in [2.75, 3.05) is 4.90 Å². The lowest BCUT2D eigenvalue weighted by molar-refractivity contribution is 0.660. The molecule has 2 aliphatic carbocycles. The second kappa shape index (κ2) is 15.2. The van der Waals surface area contributed by atoms with Gasteiger partial charge in [0.2, 0.25) is 0 Å². The Labute approximate surface area is 399 Å². The van der Waals surface area contributed by atoms with Crippen molar-refractivity contribution in [1.82, 2.24) is 4.57 Å². The molecule has 0 amide bonds. The van der Waals surface area contributed by atoms with Gasteiger partial charge in [-0.25, -0.2) is 0 Å². The molecule has 2 heteroatoms. The lowest BCUT2D eigenvalue weighted by Crippen LogP contribution is -2.17. The summed E-state index contributed by atoms with van der Waals surface area (Å²) in [6.45, 7) is 9.50. The smallest absolute Gasteiger partial charge is 0.0541 e. The van der Waals surface area contributed by atoms with Gasteiger partial charge in [-0.05, 0) is 145 Å². The van der Waals surface area contributed by atoms with Gasteiger partial charge in [-0.1, -0.05) is 191 Å². The van der Waals surface area contributed by atoms with Crippen molar-refractivity contribution in [3.05, 3.63) is 253 Å². The predicted molar refractivity (Wildman–Crippen MR) is 287 cm³/mol. The van der Waals surface area contributed by atoms with Gasteiger partial charge in [0.1, 0.15) is 0 Å². The SMILES string of the molecule is CC1(C)c2ccccc2-c2ccc(-c3ccc(N(c4ccc(-c5ccccc5-c5ccccc5)cc4)c4ccc5c(c4)C(C)(C)c4cc(-n6c7ccccc7c7ccccc76)ccc4-5)cc3)cc21. The van der Waals surface area contributed by atoms with E-state index in [0.717, 1.165) is 17.1 Å². The van der Waals surface area contributed by atoms with Gasteiger partial charge in [0.25, 0.3) is 0 Å². The van der Waals surface area contributed by atoms with Crippen molar-refractivity contribution in [3.63, 3.8) is 0 Å². The van der Waals surface area contributed by atoms with Crippen molar-refractivity contribution >= 4 is 38.9 Å². The van der Waals surface area contributed by atoms with Crippen molar-refractivity contribution in [2.24, 2.45) is 0 Å².